The Bertz CT molecular complexity index is 629. The highest BCUT2D eigenvalue weighted by atomic mass is 79.9. The van der Waals surface area contributed by atoms with E-state index >= 15 is 0 Å². The molecule has 1 heterocycles. The molecule has 0 aliphatic carbocycles. The third kappa shape index (κ3) is 4.53. The summed E-state index contributed by atoms with van der Waals surface area (Å²) in [5, 5.41) is 3.89. The number of aromatic nitrogens is 1. The fourth-order valence-electron chi connectivity index (χ4n) is 2.34. The molecule has 0 radical (unpaired) electrons. The number of rotatable bonds is 4. The Morgan fingerprint density at radius 1 is 1.29 bits per heavy atom. The van der Waals surface area contributed by atoms with Crippen molar-refractivity contribution in [2.24, 2.45) is 5.41 Å². The van der Waals surface area contributed by atoms with Gasteiger partial charge in [-0.25, -0.2) is 0 Å². The summed E-state index contributed by atoms with van der Waals surface area (Å²) in [7, 11) is 0. The van der Waals surface area contributed by atoms with E-state index in [0.29, 0.717) is 12.1 Å². The van der Waals surface area contributed by atoms with Crippen molar-refractivity contribution in [1.29, 1.82) is 0 Å². The number of nitrogens with one attached hydrogen (secondary N) is 1. The molecule has 0 saturated carbocycles. The zero-order valence-corrected chi connectivity index (χ0v) is 14.3. The first kappa shape index (κ1) is 16.0. The van der Waals surface area contributed by atoms with Gasteiger partial charge in [0, 0.05) is 28.5 Å². The van der Waals surface area contributed by atoms with Crippen LogP contribution in [0.15, 0.2) is 36.5 Å². The molecule has 0 fully saturated rings. The molecule has 0 bridgehead atoms. The van der Waals surface area contributed by atoms with Gasteiger partial charge in [-0.2, -0.15) is 0 Å². The first-order valence-corrected chi connectivity index (χ1v) is 8.04. The van der Waals surface area contributed by atoms with E-state index in [1.807, 2.05) is 30.3 Å². The Hall–Kier alpha value is -1.42. The number of halogens is 1. The van der Waals surface area contributed by atoms with Crippen molar-refractivity contribution < 1.29 is 4.79 Å². The number of hydrogen-bond acceptors (Lipinski definition) is 2. The van der Waals surface area contributed by atoms with Gasteiger partial charge in [-0.05, 0) is 30.0 Å². The number of nitrogens with zero attached hydrogens (tertiary/aromatic N) is 1. The molecule has 1 unspecified atom stereocenters. The molecule has 21 heavy (non-hydrogen) atoms. The lowest BCUT2D eigenvalue weighted by molar-refractivity contribution is 0.0954. The monoisotopic (exact) mass is 348 g/mol. The third-order valence-electron chi connectivity index (χ3n) is 3.21. The number of hydrogen-bond donors (Lipinski definition) is 1. The predicted molar refractivity (Wildman–Crippen MR) is 90.9 cm³/mol. The van der Waals surface area contributed by atoms with Crippen LogP contribution in [-0.4, -0.2) is 22.3 Å². The average molecular weight is 349 g/mol. The minimum Gasteiger partial charge on any atom is -0.351 e. The lowest BCUT2D eigenvalue weighted by Crippen LogP contribution is -2.31. The van der Waals surface area contributed by atoms with E-state index in [-0.39, 0.29) is 16.1 Å². The Balaban J connectivity index is 2.06. The van der Waals surface area contributed by atoms with Crippen LogP contribution in [0.2, 0.25) is 0 Å². The van der Waals surface area contributed by atoms with Crippen molar-refractivity contribution in [3.8, 4) is 0 Å². The summed E-state index contributed by atoms with van der Waals surface area (Å²) in [5.41, 5.74) is 1.76. The van der Waals surface area contributed by atoms with E-state index in [2.05, 4.69) is 47.0 Å². The van der Waals surface area contributed by atoms with Crippen molar-refractivity contribution in [1.82, 2.24) is 10.3 Å². The molecule has 112 valence electrons. The van der Waals surface area contributed by atoms with Gasteiger partial charge < -0.3 is 5.32 Å². The number of alkyl halides is 1. The summed E-state index contributed by atoms with van der Waals surface area (Å²) in [6, 6.07) is 9.40. The molecule has 4 heteroatoms. The fourth-order valence-corrected chi connectivity index (χ4v) is 3.47. The predicted octanol–water partition coefficient (Wildman–Crippen LogP) is 4.16. The summed E-state index contributed by atoms with van der Waals surface area (Å²) < 4.78 is 0. The number of carbonyl (C=O) groups is 1. The van der Waals surface area contributed by atoms with Crippen LogP contribution >= 0.6 is 15.9 Å². The highest BCUT2D eigenvalue weighted by molar-refractivity contribution is 9.09. The number of amides is 1. The normalized spacial score (nSPS) is 13.1. The summed E-state index contributed by atoms with van der Waals surface area (Å²) >= 11 is 3.64. The first-order chi connectivity index (χ1) is 9.87. The van der Waals surface area contributed by atoms with Crippen LogP contribution in [0.3, 0.4) is 0 Å². The van der Waals surface area contributed by atoms with Gasteiger partial charge in [-0.15, -0.1) is 0 Å². The number of pyridine rings is 1. The molecule has 3 nitrogen and oxygen atoms in total. The zero-order chi connectivity index (χ0) is 15.5. The van der Waals surface area contributed by atoms with Gasteiger partial charge in [0.2, 0.25) is 0 Å². The zero-order valence-electron chi connectivity index (χ0n) is 12.7. The minimum atomic E-state index is -0.0491. The van der Waals surface area contributed by atoms with Gasteiger partial charge in [0.25, 0.3) is 5.91 Å². The van der Waals surface area contributed by atoms with Crippen LogP contribution < -0.4 is 5.32 Å². The van der Waals surface area contributed by atoms with Gasteiger partial charge in [0.1, 0.15) is 0 Å². The molecule has 1 aromatic heterocycles. The standard InChI is InChI=1S/C17H21BrN2O/c1-17(2,3)10-12(18)11-20-16(21)14-6-4-8-15-13(14)7-5-9-19-15/h4-9,12H,10-11H2,1-3H3,(H,20,21). The third-order valence-corrected chi connectivity index (χ3v) is 3.86. The van der Waals surface area contributed by atoms with Crippen molar-refractivity contribution >= 4 is 32.7 Å². The summed E-state index contributed by atoms with van der Waals surface area (Å²) in [6.07, 6.45) is 2.74. The van der Waals surface area contributed by atoms with Gasteiger partial charge in [-0.3, -0.25) is 9.78 Å². The van der Waals surface area contributed by atoms with Gasteiger partial charge in [0.15, 0.2) is 0 Å². The molecule has 0 spiro atoms. The van der Waals surface area contributed by atoms with Crippen molar-refractivity contribution in [2.75, 3.05) is 6.54 Å². The summed E-state index contributed by atoms with van der Waals surface area (Å²) in [6.45, 7) is 7.20. The Kier molecular flexibility index (Phi) is 4.99. The SMILES string of the molecule is CC(C)(C)CC(Br)CNC(=O)c1cccc2ncccc12. The molecule has 1 aromatic carbocycles. The van der Waals surface area contributed by atoms with Crippen LogP contribution in [-0.2, 0) is 0 Å². The molecule has 0 aliphatic heterocycles. The van der Waals surface area contributed by atoms with Crippen molar-refractivity contribution in [3.63, 3.8) is 0 Å². The van der Waals surface area contributed by atoms with Crippen molar-refractivity contribution in [3.05, 3.63) is 42.1 Å². The molecule has 0 aliphatic rings. The average Bonchev–Trinajstić information content (AvgIpc) is 2.42. The molecule has 1 atom stereocenters. The minimum absolute atomic E-state index is 0.0491. The number of carbonyl (C=O) groups excluding carboxylic acids is 1. The Morgan fingerprint density at radius 3 is 2.76 bits per heavy atom. The van der Waals surface area contributed by atoms with Gasteiger partial charge >= 0.3 is 0 Å². The largest absolute Gasteiger partial charge is 0.351 e. The second kappa shape index (κ2) is 6.56. The number of benzene rings is 1. The van der Waals surface area contributed by atoms with E-state index in [1.165, 1.54) is 0 Å². The maximum Gasteiger partial charge on any atom is 0.252 e. The maximum atomic E-state index is 12.4. The maximum absolute atomic E-state index is 12.4. The van der Waals surface area contributed by atoms with E-state index in [1.54, 1.807) is 6.20 Å². The topological polar surface area (TPSA) is 42.0 Å². The van der Waals surface area contributed by atoms with Crippen molar-refractivity contribution in [2.45, 2.75) is 32.0 Å². The lowest BCUT2D eigenvalue weighted by atomic mass is 9.90. The highest BCUT2D eigenvalue weighted by Crippen LogP contribution is 2.24. The highest BCUT2D eigenvalue weighted by Gasteiger charge is 2.18. The summed E-state index contributed by atoms with van der Waals surface area (Å²) in [4.78, 5) is 16.9. The second-order valence-electron chi connectivity index (χ2n) is 6.45. The lowest BCUT2D eigenvalue weighted by Gasteiger charge is -2.22. The smallest absolute Gasteiger partial charge is 0.252 e. The fraction of sp³-hybridized carbons (Fsp3) is 0.412. The summed E-state index contributed by atoms with van der Waals surface area (Å²) in [5.74, 6) is -0.0491. The molecule has 1 N–H and O–H groups in total. The molecule has 2 rings (SSSR count). The van der Waals surface area contributed by atoms with Crippen LogP contribution in [0, 0.1) is 5.41 Å². The molecule has 0 saturated heterocycles. The van der Waals surface area contributed by atoms with Gasteiger partial charge in [-0.1, -0.05) is 48.8 Å². The van der Waals surface area contributed by atoms with Crippen LogP contribution in [0.4, 0.5) is 0 Å². The van der Waals surface area contributed by atoms with Crippen LogP contribution in [0.5, 0.6) is 0 Å². The van der Waals surface area contributed by atoms with E-state index in [9.17, 15) is 4.79 Å². The molecule has 1 amide bonds. The van der Waals surface area contributed by atoms with Crippen LogP contribution in [0.1, 0.15) is 37.6 Å². The van der Waals surface area contributed by atoms with Gasteiger partial charge in [0.05, 0.1) is 5.52 Å². The van der Waals surface area contributed by atoms with Crippen LogP contribution in [0.25, 0.3) is 10.9 Å². The van der Waals surface area contributed by atoms with E-state index < -0.39 is 0 Å². The molecular weight excluding hydrogens is 328 g/mol. The number of fused-ring (bicyclic) bond motifs is 1. The Labute approximate surface area is 134 Å². The first-order valence-electron chi connectivity index (χ1n) is 7.13. The molecular formula is C17H21BrN2O. The quantitative estimate of drug-likeness (QED) is 0.842. The van der Waals surface area contributed by atoms with E-state index in [0.717, 1.165) is 17.3 Å². The molecule has 2 aromatic rings. The second-order valence-corrected chi connectivity index (χ2v) is 7.74. The Morgan fingerprint density at radius 2 is 2.05 bits per heavy atom. The van der Waals surface area contributed by atoms with E-state index in [4.69, 9.17) is 0 Å².